The number of carbonyl (C=O) groups is 2. The van der Waals surface area contributed by atoms with Gasteiger partial charge in [0.15, 0.2) is 5.69 Å². The number of anilines is 1. The van der Waals surface area contributed by atoms with Crippen LogP contribution in [0.4, 0.5) is 5.69 Å². The van der Waals surface area contributed by atoms with Gasteiger partial charge in [0.25, 0.3) is 5.91 Å². The fraction of sp³-hybridized carbons (Fsp3) is 0.133. The summed E-state index contributed by atoms with van der Waals surface area (Å²) in [6.07, 6.45) is 2.10. The smallest absolute Gasteiger partial charge is 0.356 e. The summed E-state index contributed by atoms with van der Waals surface area (Å²) in [5, 5.41) is 11.6. The second-order valence-corrected chi connectivity index (χ2v) is 4.17. The lowest BCUT2D eigenvalue weighted by Crippen LogP contribution is -2.17. The number of aromatic nitrogens is 1. The van der Waals surface area contributed by atoms with Crippen LogP contribution in [0.15, 0.2) is 42.6 Å². The number of rotatable bonds is 4. The average Bonchev–Trinajstić information content (AvgIpc) is 2.47. The number of aromatic carboxylic acids is 1. The van der Waals surface area contributed by atoms with E-state index in [-0.39, 0.29) is 17.3 Å². The topological polar surface area (TPSA) is 79.3 Å². The minimum Gasteiger partial charge on any atom is -0.476 e. The zero-order valence-corrected chi connectivity index (χ0v) is 11.0. The maximum atomic E-state index is 12.2. The number of pyridine rings is 1. The van der Waals surface area contributed by atoms with Gasteiger partial charge in [-0.15, -0.1) is 0 Å². The Morgan fingerprint density at radius 2 is 1.95 bits per heavy atom. The zero-order chi connectivity index (χ0) is 14.5. The summed E-state index contributed by atoms with van der Waals surface area (Å²) in [7, 11) is 0. The number of carbonyl (C=O) groups excluding carboxylic acids is 1. The highest BCUT2D eigenvalue weighted by atomic mass is 16.4. The molecule has 1 amide bonds. The number of hydrogen-bond donors (Lipinski definition) is 2. The molecule has 0 bridgehead atoms. The molecular weight excluding hydrogens is 256 g/mol. The van der Waals surface area contributed by atoms with Gasteiger partial charge in [-0.1, -0.05) is 25.1 Å². The van der Waals surface area contributed by atoms with Gasteiger partial charge in [-0.25, -0.2) is 9.78 Å². The first-order valence-electron chi connectivity index (χ1n) is 6.21. The molecule has 0 aliphatic heterocycles. The lowest BCUT2D eigenvalue weighted by Gasteiger charge is -2.10. The van der Waals surface area contributed by atoms with Crippen LogP contribution in [0.3, 0.4) is 0 Å². The summed E-state index contributed by atoms with van der Waals surface area (Å²) in [6, 6.07) is 10.3. The molecule has 1 aromatic heterocycles. The Balaban J connectivity index is 2.31. The van der Waals surface area contributed by atoms with Crippen LogP contribution < -0.4 is 5.32 Å². The molecule has 0 atom stereocenters. The van der Waals surface area contributed by atoms with E-state index in [0.717, 1.165) is 12.0 Å². The van der Waals surface area contributed by atoms with Crippen LogP contribution in [0.1, 0.15) is 33.3 Å². The van der Waals surface area contributed by atoms with Crippen LogP contribution >= 0.6 is 0 Å². The fourth-order valence-corrected chi connectivity index (χ4v) is 1.92. The van der Waals surface area contributed by atoms with Crippen molar-refractivity contribution in [3.05, 3.63) is 59.4 Å². The molecule has 102 valence electrons. The highest BCUT2D eigenvalue weighted by Crippen LogP contribution is 2.16. The van der Waals surface area contributed by atoms with E-state index in [1.165, 1.54) is 12.3 Å². The van der Waals surface area contributed by atoms with Gasteiger partial charge in [-0.2, -0.15) is 0 Å². The van der Waals surface area contributed by atoms with Gasteiger partial charge < -0.3 is 10.4 Å². The first-order valence-corrected chi connectivity index (χ1v) is 6.21. The van der Waals surface area contributed by atoms with Crippen LogP contribution in [0.2, 0.25) is 0 Å². The van der Waals surface area contributed by atoms with E-state index in [4.69, 9.17) is 5.11 Å². The second-order valence-electron chi connectivity index (χ2n) is 4.17. The van der Waals surface area contributed by atoms with E-state index in [2.05, 4.69) is 10.3 Å². The normalized spacial score (nSPS) is 10.1. The third-order valence-corrected chi connectivity index (χ3v) is 2.90. The number of amides is 1. The van der Waals surface area contributed by atoms with Gasteiger partial charge in [0.2, 0.25) is 0 Å². The van der Waals surface area contributed by atoms with Gasteiger partial charge >= 0.3 is 5.97 Å². The minimum atomic E-state index is -1.18. The number of nitrogens with zero attached hydrogens (tertiary/aromatic N) is 1. The van der Waals surface area contributed by atoms with Gasteiger partial charge in [0.1, 0.15) is 0 Å². The maximum Gasteiger partial charge on any atom is 0.356 e. The largest absolute Gasteiger partial charge is 0.476 e. The number of aryl methyl sites for hydroxylation is 1. The summed E-state index contributed by atoms with van der Waals surface area (Å²) in [5.41, 5.74) is 1.46. The van der Waals surface area contributed by atoms with E-state index < -0.39 is 5.97 Å². The highest BCUT2D eigenvalue weighted by Gasteiger charge is 2.15. The Bertz CT molecular complexity index is 653. The number of carboxylic acid groups (broad SMARTS) is 1. The van der Waals surface area contributed by atoms with Crippen molar-refractivity contribution in [3.63, 3.8) is 0 Å². The number of nitrogens with one attached hydrogen (secondary N) is 1. The monoisotopic (exact) mass is 270 g/mol. The van der Waals surface area contributed by atoms with E-state index in [1.54, 1.807) is 18.2 Å². The van der Waals surface area contributed by atoms with Gasteiger partial charge in [-0.05, 0) is 30.2 Å². The molecule has 1 aromatic carbocycles. The molecule has 0 aliphatic rings. The van der Waals surface area contributed by atoms with Gasteiger partial charge in [-0.3, -0.25) is 4.79 Å². The SMILES string of the molecule is CCc1ccccc1C(=O)Nc1cccnc1C(=O)O. The summed E-state index contributed by atoms with van der Waals surface area (Å²) in [6.45, 7) is 1.96. The molecule has 0 aliphatic carbocycles. The van der Waals surface area contributed by atoms with Crippen molar-refractivity contribution in [1.82, 2.24) is 4.98 Å². The Labute approximate surface area is 116 Å². The van der Waals surface area contributed by atoms with Crippen molar-refractivity contribution in [2.45, 2.75) is 13.3 Å². The highest BCUT2D eigenvalue weighted by molar-refractivity contribution is 6.07. The predicted octanol–water partition coefficient (Wildman–Crippen LogP) is 2.59. The summed E-state index contributed by atoms with van der Waals surface area (Å²) >= 11 is 0. The van der Waals surface area contributed by atoms with Crippen molar-refractivity contribution in [2.75, 3.05) is 5.32 Å². The average molecular weight is 270 g/mol. The van der Waals surface area contributed by atoms with Crippen LogP contribution in [0.5, 0.6) is 0 Å². The third kappa shape index (κ3) is 2.83. The molecule has 0 radical (unpaired) electrons. The Hall–Kier alpha value is -2.69. The quantitative estimate of drug-likeness (QED) is 0.895. The predicted molar refractivity (Wildman–Crippen MR) is 75.0 cm³/mol. The van der Waals surface area contributed by atoms with Crippen molar-refractivity contribution in [3.8, 4) is 0 Å². The Morgan fingerprint density at radius 3 is 2.65 bits per heavy atom. The Kier molecular flexibility index (Phi) is 4.10. The molecule has 1 heterocycles. The number of carboxylic acids is 1. The summed E-state index contributed by atoms with van der Waals surface area (Å²) in [4.78, 5) is 27.0. The standard InChI is InChI=1S/C15H14N2O3/c1-2-10-6-3-4-7-11(10)14(18)17-12-8-5-9-16-13(12)15(19)20/h3-9H,2H2,1H3,(H,17,18)(H,19,20). The molecule has 2 rings (SSSR count). The van der Waals surface area contributed by atoms with Crippen molar-refractivity contribution in [1.29, 1.82) is 0 Å². The molecule has 0 saturated heterocycles. The molecule has 0 unspecified atom stereocenters. The van der Waals surface area contributed by atoms with E-state index >= 15 is 0 Å². The van der Waals surface area contributed by atoms with Crippen LogP contribution in [-0.2, 0) is 6.42 Å². The zero-order valence-electron chi connectivity index (χ0n) is 11.0. The summed E-state index contributed by atoms with van der Waals surface area (Å²) in [5.74, 6) is -1.51. The van der Waals surface area contributed by atoms with Crippen LogP contribution in [0, 0.1) is 0 Å². The first kappa shape index (κ1) is 13.7. The summed E-state index contributed by atoms with van der Waals surface area (Å²) < 4.78 is 0. The van der Waals surface area contributed by atoms with Gasteiger partial charge in [0, 0.05) is 11.8 Å². The molecule has 20 heavy (non-hydrogen) atoms. The molecular formula is C15H14N2O3. The fourth-order valence-electron chi connectivity index (χ4n) is 1.92. The number of hydrogen-bond acceptors (Lipinski definition) is 3. The Morgan fingerprint density at radius 1 is 1.20 bits per heavy atom. The van der Waals surface area contributed by atoms with Crippen molar-refractivity contribution >= 4 is 17.6 Å². The van der Waals surface area contributed by atoms with Crippen molar-refractivity contribution < 1.29 is 14.7 Å². The van der Waals surface area contributed by atoms with E-state index in [0.29, 0.717) is 5.56 Å². The van der Waals surface area contributed by atoms with Crippen LogP contribution in [-0.4, -0.2) is 22.0 Å². The van der Waals surface area contributed by atoms with E-state index in [1.807, 2.05) is 19.1 Å². The van der Waals surface area contributed by atoms with Crippen molar-refractivity contribution in [2.24, 2.45) is 0 Å². The second kappa shape index (κ2) is 5.97. The molecule has 0 spiro atoms. The van der Waals surface area contributed by atoms with Gasteiger partial charge in [0.05, 0.1) is 5.69 Å². The number of benzene rings is 1. The lowest BCUT2D eigenvalue weighted by atomic mass is 10.0. The first-order chi connectivity index (χ1) is 9.63. The molecule has 0 fully saturated rings. The molecule has 2 aromatic rings. The molecule has 5 heteroatoms. The maximum absolute atomic E-state index is 12.2. The molecule has 5 nitrogen and oxygen atoms in total. The minimum absolute atomic E-state index is 0.171. The van der Waals surface area contributed by atoms with E-state index in [9.17, 15) is 9.59 Å². The molecule has 2 N–H and O–H groups in total. The lowest BCUT2D eigenvalue weighted by molar-refractivity contribution is 0.0692. The van der Waals surface area contributed by atoms with Crippen LogP contribution in [0.25, 0.3) is 0 Å². The molecule has 0 saturated carbocycles. The third-order valence-electron chi connectivity index (χ3n) is 2.90.